The molecule has 1 fully saturated rings. The number of carbonyl (C=O) groups is 1. The molecule has 2 aliphatic rings. The summed E-state index contributed by atoms with van der Waals surface area (Å²) in [4.78, 5) is 35.0. The number of carbonyl (C=O) groups excluding carboxylic acids is 1. The molecule has 1 N–H and O–H groups in total. The summed E-state index contributed by atoms with van der Waals surface area (Å²) >= 11 is 7.47. The van der Waals surface area contributed by atoms with Gasteiger partial charge in [0.15, 0.2) is 10.7 Å². The largest absolute Gasteiger partial charge is 0.441 e. The van der Waals surface area contributed by atoms with Gasteiger partial charge in [0, 0.05) is 35.9 Å². The number of amides is 1. The fourth-order valence-corrected chi connectivity index (χ4v) is 6.39. The average molecular weight is 573 g/mol. The number of rotatable bonds is 5. The van der Waals surface area contributed by atoms with Gasteiger partial charge >= 0.3 is 0 Å². The van der Waals surface area contributed by atoms with Crippen molar-refractivity contribution in [3.8, 4) is 0 Å². The van der Waals surface area contributed by atoms with Crippen molar-refractivity contribution in [1.82, 2.24) is 4.57 Å². The van der Waals surface area contributed by atoms with Gasteiger partial charge in [-0.2, -0.15) is 0 Å². The van der Waals surface area contributed by atoms with Gasteiger partial charge in [-0.15, -0.1) is 0 Å². The molecule has 204 valence electrons. The minimum absolute atomic E-state index is 0.231. The maximum Gasteiger partial charge on any atom is 0.271 e. The summed E-state index contributed by atoms with van der Waals surface area (Å²) < 4.78 is 8.22. The molecule has 2 aromatic carbocycles. The van der Waals surface area contributed by atoms with Gasteiger partial charge in [0.1, 0.15) is 5.76 Å². The second-order valence-electron chi connectivity index (χ2n) is 10.3. The molecular formula is C31H29ClN4O3S. The number of halogens is 1. The lowest BCUT2D eigenvalue weighted by molar-refractivity contribution is -0.113. The number of hydrogen-bond donors (Lipinski definition) is 1. The highest BCUT2D eigenvalue weighted by atomic mass is 35.5. The quantitative estimate of drug-likeness (QED) is 0.349. The minimum atomic E-state index is -0.665. The molecule has 4 aromatic rings. The summed E-state index contributed by atoms with van der Waals surface area (Å²) in [6, 6.07) is 19.7. The average Bonchev–Trinajstić information content (AvgIpc) is 3.53. The number of piperidine rings is 1. The summed E-state index contributed by atoms with van der Waals surface area (Å²) in [6.45, 7) is 6.01. The van der Waals surface area contributed by atoms with Crippen LogP contribution in [-0.2, 0) is 4.79 Å². The van der Waals surface area contributed by atoms with Crippen molar-refractivity contribution < 1.29 is 9.21 Å². The van der Waals surface area contributed by atoms with E-state index in [2.05, 4.69) is 17.1 Å². The number of allylic oxidation sites excluding steroid dienone is 1. The second-order valence-corrected chi connectivity index (χ2v) is 11.7. The third-order valence-electron chi connectivity index (χ3n) is 7.46. The lowest BCUT2D eigenvalue weighted by Crippen LogP contribution is -2.40. The Morgan fingerprint density at radius 1 is 1.07 bits per heavy atom. The Kier molecular flexibility index (Phi) is 7.21. The molecule has 1 saturated heterocycles. The van der Waals surface area contributed by atoms with Crippen LogP contribution < -0.4 is 25.1 Å². The van der Waals surface area contributed by atoms with Gasteiger partial charge in [0.25, 0.3) is 11.5 Å². The fourth-order valence-electron chi connectivity index (χ4n) is 5.24. The first kappa shape index (κ1) is 26.3. The Labute approximate surface area is 240 Å². The van der Waals surface area contributed by atoms with E-state index < -0.39 is 6.04 Å². The zero-order valence-corrected chi connectivity index (χ0v) is 23.8. The third-order valence-corrected chi connectivity index (χ3v) is 8.70. The first-order valence-corrected chi connectivity index (χ1v) is 14.6. The van der Waals surface area contributed by atoms with Gasteiger partial charge in [-0.3, -0.25) is 14.2 Å². The van der Waals surface area contributed by atoms with E-state index in [0.29, 0.717) is 37.1 Å². The Hall–Kier alpha value is -3.88. The van der Waals surface area contributed by atoms with Crippen LogP contribution in [0.2, 0.25) is 5.02 Å². The fraction of sp³-hybridized carbons (Fsp3) is 0.258. The second kappa shape index (κ2) is 10.9. The van der Waals surface area contributed by atoms with Gasteiger partial charge in [-0.1, -0.05) is 60.2 Å². The predicted octanol–water partition coefficient (Wildman–Crippen LogP) is 5.36. The maximum atomic E-state index is 13.9. The van der Waals surface area contributed by atoms with Gasteiger partial charge in [0.2, 0.25) is 0 Å². The van der Waals surface area contributed by atoms with Crippen molar-refractivity contribution in [3.63, 3.8) is 0 Å². The molecular weight excluding hydrogens is 544 g/mol. The number of para-hydroxylation sites is 1. The first-order chi connectivity index (χ1) is 19.4. The lowest BCUT2D eigenvalue weighted by Gasteiger charge is -2.29. The topological polar surface area (TPSA) is 79.8 Å². The van der Waals surface area contributed by atoms with Crippen LogP contribution in [0.25, 0.3) is 6.08 Å². The summed E-state index contributed by atoms with van der Waals surface area (Å²) in [6.07, 6.45) is 4.04. The Morgan fingerprint density at radius 3 is 2.52 bits per heavy atom. The summed E-state index contributed by atoms with van der Waals surface area (Å²) in [7, 11) is 0. The molecule has 0 saturated carbocycles. The number of aromatic nitrogens is 1. The summed E-state index contributed by atoms with van der Waals surface area (Å²) in [5.74, 6) is 1.84. The van der Waals surface area contributed by atoms with Crippen LogP contribution in [-0.4, -0.2) is 23.6 Å². The minimum Gasteiger partial charge on any atom is -0.441 e. The molecule has 40 heavy (non-hydrogen) atoms. The van der Waals surface area contributed by atoms with Gasteiger partial charge in [-0.25, -0.2) is 4.99 Å². The van der Waals surface area contributed by atoms with Crippen LogP contribution in [0, 0.1) is 5.92 Å². The lowest BCUT2D eigenvalue weighted by atomic mass is 9.95. The number of benzene rings is 2. The number of furan rings is 1. The number of fused-ring (bicyclic) bond motifs is 1. The summed E-state index contributed by atoms with van der Waals surface area (Å²) in [5, 5.41) is 3.54. The van der Waals surface area contributed by atoms with Gasteiger partial charge in [-0.05, 0) is 61.6 Å². The van der Waals surface area contributed by atoms with Crippen molar-refractivity contribution in [1.29, 1.82) is 0 Å². The molecule has 1 amide bonds. The molecule has 0 aliphatic carbocycles. The maximum absolute atomic E-state index is 13.9. The highest BCUT2D eigenvalue weighted by molar-refractivity contribution is 7.07. The van der Waals surface area contributed by atoms with Gasteiger partial charge in [0.05, 0.1) is 21.8 Å². The first-order valence-electron chi connectivity index (χ1n) is 13.4. The van der Waals surface area contributed by atoms with Crippen molar-refractivity contribution in [2.24, 2.45) is 10.9 Å². The highest BCUT2D eigenvalue weighted by Gasteiger charge is 2.32. The van der Waals surface area contributed by atoms with E-state index >= 15 is 0 Å². The molecule has 0 unspecified atom stereocenters. The molecule has 0 bridgehead atoms. The van der Waals surface area contributed by atoms with Crippen molar-refractivity contribution >= 4 is 46.5 Å². The van der Waals surface area contributed by atoms with Crippen LogP contribution in [0.15, 0.2) is 92.2 Å². The normalized spacial score (nSPS) is 18.0. The molecule has 7 nitrogen and oxygen atoms in total. The van der Waals surface area contributed by atoms with E-state index in [-0.39, 0.29) is 11.5 Å². The van der Waals surface area contributed by atoms with Crippen molar-refractivity contribution in [3.05, 3.63) is 114 Å². The Morgan fingerprint density at radius 2 is 1.80 bits per heavy atom. The van der Waals surface area contributed by atoms with E-state index in [1.165, 1.54) is 11.3 Å². The number of nitrogens with zero attached hydrogens (tertiary/aromatic N) is 3. The molecule has 2 aliphatic heterocycles. The van der Waals surface area contributed by atoms with Crippen LogP contribution in [0.3, 0.4) is 0 Å². The summed E-state index contributed by atoms with van der Waals surface area (Å²) in [5.41, 5.74) is 2.16. The van der Waals surface area contributed by atoms with E-state index in [4.69, 9.17) is 21.0 Å². The molecule has 9 heteroatoms. The molecule has 4 heterocycles. The van der Waals surface area contributed by atoms with E-state index in [1.54, 1.807) is 29.7 Å². The smallest absolute Gasteiger partial charge is 0.271 e. The van der Waals surface area contributed by atoms with Crippen LogP contribution >= 0.6 is 22.9 Å². The Balaban J connectivity index is 1.41. The number of hydrogen-bond acceptors (Lipinski definition) is 6. The molecule has 6 rings (SSSR count). The van der Waals surface area contributed by atoms with Crippen molar-refractivity contribution in [2.75, 3.05) is 23.3 Å². The Bertz CT molecular complexity index is 1760. The van der Waals surface area contributed by atoms with E-state index in [9.17, 15) is 9.59 Å². The molecule has 1 atom stereocenters. The highest BCUT2D eigenvalue weighted by Crippen LogP contribution is 2.31. The molecule has 2 aromatic heterocycles. The monoisotopic (exact) mass is 572 g/mol. The molecule has 0 radical (unpaired) electrons. The van der Waals surface area contributed by atoms with Crippen molar-refractivity contribution in [2.45, 2.75) is 32.7 Å². The zero-order chi connectivity index (χ0) is 27.8. The third kappa shape index (κ3) is 5.17. The predicted molar refractivity (Wildman–Crippen MR) is 160 cm³/mol. The van der Waals surface area contributed by atoms with Crippen LogP contribution in [0.5, 0.6) is 0 Å². The number of thiazole rings is 1. The van der Waals surface area contributed by atoms with Gasteiger partial charge < -0.3 is 14.6 Å². The standard InChI is InChI=1S/C31H29ClN4O3S/c1-19-14-16-35(17-15-19)26-13-12-24(39-26)18-25-30(38)36-28(21-8-10-22(32)11-9-21)27(20(2)33-31(36)40-25)29(37)34-23-6-4-3-5-7-23/h3-13,18-19,28H,14-17H2,1-2H3,(H,34,37)/b25-18+/t28-/m1/s1. The SMILES string of the molecule is CC1=C(C(=O)Nc2ccccc2)[C@@H](c2ccc(Cl)cc2)n2c(s/c(=C/c3ccc(N4CCC(C)CC4)o3)c2=O)=N1. The molecule has 0 spiro atoms. The van der Waals surface area contributed by atoms with E-state index in [1.807, 2.05) is 54.6 Å². The zero-order valence-electron chi connectivity index (χ0n) is 22.3. The van der Waals surface area contributed by atoms with E-state index in [0.717, 1.165) is 43.3 Å². The van der Waals surface area contributed by atoms with Crippen LogP contribution in [0.1, 0.15) is 44.1 Å². The van der Waals surface area contributed by atoms with Crippen LogP contribution in [0.4, 0.5) is 11.6 Å². The number of anilines is 2. The number of nitrogens with one attached hydrogen (secondary N) is 1.